The Labute approximate surface area is 80.4 Å². The number of hydrogen-bond donors (Lipinski definition) is 1. The van der Waals surface area contributed by atoms with E-state index in [2.05, 4.69) is 15.1 Å². The maximum Gasteiger partial charge on any atom is 0.142 e. The van der Waals surface area contributed by atoms with Gasteiger partial charge in [-0.05, 0) is 6.07 Å². The van der Waals surface area contributed by atoms with Gasteiger partial charge in [-0.15, -0.1) is 0 Å². The van der Waals surface area contributed by atoms with Gasteiger partial charge in [0.25, 0.3) is 0 Å². The number of hydrogen-bond acceptors (Lipinski definition) is 4. The molecule has 2 aromatic rings. The SMILES string of the molecule is Oc1cnccc1/C=N/n1ccnc1. The van der Waals surface area contributed by atoms with Gasteiger partial charge in [0.1, 0.15) is 12.1 Å². The lowest BCUT2D eigenvalue weighted by molar-refractivity contribution is 0.471. The first-order valence-corrected chi connectivity index (χ1v) is 4.01. The predicted molar refractivity (Wildman–Crippen MR) is 51.1 cm³/mol. The van der Waals surface area contributed by atoms with Crippen molar-refractivity contribution in [1.29, 1.82) is 0 Å². The number of nitrogens with zero attached hydrogens (tertiary/aromatic N) is 4. The number of pyridine rings is 1. The highest BCUT2D eigenvalue weighted by Gasteiger charge is 1.95. The zero-order valence-electron chi connectivity index (χ0n) is 7.28. The van der Waals surface area contributed by atoms with E-state index in [0.717, 1.165) is 0 Å². The van der Waals surface area contributed by atoms with E-state index in [9.17, 15) is 5.11 Å². The summed E-state index contributed by atoms with van der Waals surface area (Å²) < 4.78 is 1.54. The van der Waals surface area contributed by atoms with Gasteiger partial charge in [-0.25, -0.2) is 9.66 Å². The third kappa shape index (κ3) is 1.77. The van der Waals surface area contributed by atoms with Crippen LogP contribution < -0.4 is 0 Å². The van der Waals surface area contributed by atoms with E-state index in [-0.39, 0.29) is 5.75 Å². The Bertz CT molecular complexity index is 436. The van der Waals surface area contributed by atoms with Gasteiger partial charge in [0.2, 0.25) is 0 Å². The Morgan fingerprint density at radius 2 is 2.29 bits per heavy atom. The van der Waals surface area contributed by atoms with Crippen LogP contribution in [0.2, 0.25) is 0 Å². The molecule has 0 spiro atoms. The zero-order valence-corrected chi connectivity index (χ0v) is 7.28. The van der Waals surface area contributed by atoms with Gasteiger partial charge in [0.15, 0.2) is 0 Å². The highest BCUT2D eigenvalue weighted by molar-refractivity contribution is 5.82. The van der Waals surface area contributed by atoms with Crippen LogP contribution in [0.3, 0.4) is 0 Å². The monoisotopic (exact) mass is 188 g/mol. The summed E-state index contributed by atoms with van der Waals surface area (Å²) >= 11 is 0. The lowest BCUT2D eigenvalue weighted by Gasteiger charge is -1.95. The third-order valence-corrected chi connectivity index (χ3v) is 1.65. The quantitative estimate of drug-likeness (QED) is 0.711. The minimum atomic E-state index is 0.108. The summed E-state index contributed by atoms with van der Waals surface area (Å²) in [6.45, 7) is 0. The van der Waals surface area contributed by atoms with Crippen LogP contribution in [0.4, 0.5) is 0 Å². The van der Waals surface area contributed by atoms with Gasteiger partial charge in [-0.1, -0.05) is 0 Å². The summed E-state index contributed by atoms with van der Waals surface area (Å²) in [5, 5.41) is 13.4. The van der Waals surface area contributed by atoms with E-state index in [1.165, 1.54) is 6.20 Å². The fraction of sp³-hybridized carbons (Fsp3) is 0. The van der Waals surface area contributed by atoms with Crippen molar-refractivity contribution in [1.82, 2.24) is 14.6 Å². The fourth-order valence-electron chi connectivity index (χ4n) is 0.955. The average Bonchev–Trinajstić information content (AvgIpc) is 2.69. The lowest BCUT2D eigenvalue weighted by Crippen LogP contribution is -1.88. The number of aromatic hydroxyl groups is 1. The first kappa shape index (κ1) is 8.43. The van der Waals surface area contributed by atoms with E-state index in [4.69, 9.17) is 0 Å². The molecule has 0 saturated heterocycles. The number of imidazole rings is 1. The second kappa shape index (κ2) is 3.69. The van der Waals surface area contributed by atoms with E-state index in [1.807, 2.05) is 0 Å². The summed E-state index contributed by atoms with van der Waals surface area (Å²) in [4.78, 5) is 7.59. The van der Waals surface area contributed by atoms with E-state index >= 15 is 0 Å². The molecule has 5 nitrogen and oxygen atoms in total. The van der Waals surface area contributed by atoms with Crippen molar-refractivity contribution in [2.75, 3.05) is 0 Å². The van der Waals surface area contributed by atoms with Crippen LogP contribution in [-0.4, -0.2) is 26.0 Å². The lowest BCUT2D eigenvalue weighted by atomic mass is 10.3. The molecule has 0 aromatic carbocycles. The normalized spacial score (nSPS) is 10.9. The Hall–Kier alpha value is -2.17. The van der Waals surface area contributed by atoms with Gasteiger partial charge in [-0.2, -0.15) is 5.10 Å². The molecule has 0 aliphatic carbocycles. The molecule has 0 bridgehead atoms. The second-order valence-electron chi connectivity index (χ2n) is 2.62. The number of aromatic nitrogens is 3. The van der Waals surface area contributed by atoms with Gasteiger partial charge in [-0.3, -0.25) is 4.98 Å². The van der Waals surface area contributed by atoms with Crippen molar-refractivity contribution in [2.45, 2.75) is 0 Å². The van der Waals surface area contributed by atoms with E-state index in [0.29, 0.717) is 5.56 Å². The van der Waals surface area contributed by atoms with Crippen LogP contribution in [0.25, 0.3) is 0 Å². The van der Waals surface area contributed by atoms with Crippen LogP contribution in [0, 0.1) is 0 Å². The first-order valence-electron chi connectivity index (χ1n) is 4.01. The molecular weight excluding hydrogens is 180 g/mol. The molecule has 0 radical (unpaired) electrons. The summed E-state index contributed by atoms with van der Waals surface area (Å²) in [7, 11) is 0. The summed E-state index contributed by atoms with van der Waals surface area (Å²) in [5.41, 5.74) is 0.619. The van der Waals surface area contributed by atoms with Gasteiger partial charge in [0.05, 0.1) is 12.4 Å². The molecular formula is C9H8N4O. The topological polar surface area (TPSA) is 63.3 Å². The molecule has 1 N–H and O–H groups in total. The third-order valence-electron chi connectivity index (χ3n) is 1.65. The standard InChI is InChI=1S/C9H8N4O/c14-9-6-10-2-1-8(9)5-12-13-4-3-11-7-13/h1-7,14H/b12-5+. The Balaban J connectivity index is 2.23. The van der Waals surface area contributed by atoms with Gasteiger partial charge < -0.3 is 5.11 Å². The minimum Gasteiger partial charge on any atom is -0.506 e. The molecule has 0 aliphatic heterocycles. The van der Waals surface area contributed by atoms with Gasteiger partial charge >= 0.3 is 0 Å². The molecule has 0 atom stereocenters. The van der Waals surface area contributed by atoms with Crippen molar-refractivity contribution in [3.8, 4) is 5.75 Å². The van der Waals surface area contributed by atoms with E-state index in [1.54, 1.807) is 41.9 Å². The van der Waals surface area contributed by atoms with Crippen molar-refractivity contribution in [3.63, 3.8) is 0 Å². The van der Waals surface area contributed by atoms with Crippen molar-refractivity contribution >= 4 is 6.21 Å². The smallest absolute Gasteiger partial charge is 0.142 e. The van der Waals surface area contributed by atoms with Crippen LogP contribution in [-0.2, 0) is 0 Å². The van der Waals surface area contributed by atoms with Crippen LogP contribution >= 0.6 is 0 Å². The highest BCUT2D eigenvalue weighted by atomic mass is 16.3. The summed E-state index contributed by atoms with van der Waals surface area (Å²) in [6, 6.07) is 1.68. The van der Waals surface area contributed by atoms with Crippen LogP contribution in [0.15, 0.2) is 42.3 Å². The molecule has 0 saturated carbocycles. The fourth-order valence-corrected chi connectivity index (χ4v) is 0.955. The molecule has 2 aromatic heterocycles. The molecule has 0 fully saturated rings. The Morgan fingerprint density at radius 1 is 1.36 bits per heavy atom. The molecule has 70 valence electrons. The largest absolute Gasteiger partial charge is 0.506 e. The Morgan fingerprint density at radius 3 is 3.00 bits per heavy atom. The van der Waals surface area contributed by atoms with Gasteiger partial charge in [0, 0.05) is 24.2 Å². The Kier molecular flexibility index (Phi) is 2.22. The molecule has 0 aliphatic rings. The molecule has 2 heterocycles. The minimum absolute atomic E-state index is 0.108. The molecule has 0 unspecified atom stereocenters. The molecule has 14 heavy (non-hydrogen) atoms. The zero-order chi connectivity index (χ0) is 9.80. The van der Waals surface area contributed by atoms with Crippen molar-refractivity contribution in [3.05, 3.63) is 42.7 Å². The maximum absolute atomic E-state index is 9.36. The predicted octanol–water partition coefficient (Wildman–Crippen LogP) is 0.866. The maximum atomic E-state index is 9.36. The highest BCUT2D eigenvalue weighted by Crippen LogP contribution is 2.10. The summed E-state index contributed by atoms with van der Waals surface area (Å²) in [5.74, 6) is 0.108. The molecule has 2 rings (SSSR count). The molecule has 5 heteroatoms. The van der Waals surface area contributed by atoms with Crippen LogP contribution in [0.5, 0.6) is 5.75 Å². The first-order chi connectivity index (χ1) is 6.86. The van der Waals surface area contributed by atoms with E-state index < -0.39 is 0 Å². The van der Waals surface area contributed by atoms with Crippen molar-refractivity contribution in [2.24, 2.45) is 5.10 Å². The van der Waals surface area contributed by atoms with Crippen molar-refractivity contribution < 1.29 is 5.11 Å². The van der Waals surface area contributed by atoms with Crippen LogP contribution in [0.1, 0.15) is 5.56 Å². The number of rotatable bonds is 2. The molecule has 0 amide bonds. The summed E-state index contributed by atoms with van der Waals surface area (Å²) in [6.07, 6.45) is 9.40. The second-order valence-corrected chi connectivity index (χ2v) is 2.62. The average molecular weight is 188 g/mol.